The number of aryl methyl sites for hydroxylation is 2. The molecule has 2 aromatic rings. The minimum Gasteiger partial charge on any atom is -0.493 e. The second-order valence-corrected chi connectivity index (χ2v) is 5.68. The second kappa shape index (κ2) is 7.83. The van der Waals surface area contributed by atoms with E-state index in [9.17, 15) is 4.79 Å². The van der Waals surface area contributed by atoms with Gasteiger partial charge in [-0.1, -0.05) is 5.16 Å². The molecule has 0 bridgehead atoms. The lowest BCUT2D eigenvalue weighted by Gasteiger charge is -2.19. The lowest BCUT2D eigenvalue weighted by atomic mass is 10.1. The molecular weight excluding hydrogens is 310 g/mol. The average Bonchev–Trinajstić information content (AvgIpc) is 2.93. The van der Waals surface area contributed by atoms with Crippen LogP contribution in [-0.2, 0) is 11.3 Å². The summed E-state index contributed by atoms with van der Waals surface area (Å²) in [5.41, 5.74) is 2.15. The van der Waals surface area contributed by atoms with E-state index >= 15 is 0 Å². The molecule has 7 nitrogen and oxygen atoms in total. The lowest BCUT2D eigenvalue weighted by Crippen LogP contribution is -2.30. The zero-order chi connectivity index (χ0) is 17.7. The van der Waals surface area contributed by atoms with Crippen molar-refractivity contribution >= 4 is 11.7 Å². The third kappa shape index (κ3) is 4.48. The van der Waals surface area contributed by atoms with Crippen LogP contribution in [0.15, 0.2) is 22.7 Å². The maximum atomic E-state index is 12.1. The number of amides is 1. The highest BCUT2D eigenvalue weighted by Crippen LogP contribution is 2.30. The fourth-order valence-corrected chi connectivity index (χ4v) is 2.39. The number of carbonyl (C=O) groups is 1. The van der Waals surface area contributed by atoms with Crippen LogP contribution in [0.4, 0.5) is 5.82 Å². The molecule has 0 saturated heterocycles. The summed E-state index contributed by atoms with van der Waals surface area (Å²) in [6.45, 7) is 4.62. The monoisotopic (exact) mass is 333 g/mol. The summed E-state index contributed by atoms with van der Waals surface area (Å²) in [4.78, 5) is 14.0. The van der Waals surface area contributed by atoms with Crippen LogP contribution < -0.4 is 14.8 Å². The van der Waals surface area contributed by atoms with Crippen LogP contribution in [-0.4, -0.2) is 43.8 Å². The van der Waals surface area contributed by atoms with Crippen LogP contribution in [0, 0.1) is 13.8 Å². The molecule has 0 spiro atoms. The van der Waals surface area contributed by atoms with Crippen molar-refractivity contribution in [3.05, 3.63) is 35.1 Å². The van der Waals surface area contributed by atoms with Gasteiger partial charge in [0.1, 0.15) is 5.76 Å². The molecule has 0 unspecified atom stereocenters. The predicted molar refractivity (Wildman–Crippen MR) is 90.5 cm³/mol. The predicted octanol–water partition coefficient (Wildman–Crippen LogP) is 2.38. The number of rotatable bonds is 7. The molecule has 1 aromatic heterocycles. The summed E-state index contributed by atoms with van der Waals surface area (Å²) in [6.07, 6.45) is 0. The van der Waals surface area contributed by atoms with E-state index in [0.717, 1.165) is 11.1 Å². The van der Waals surface area contributed by atoms with Gasteiger partial charge in [-0.05, 0) is 44.2 Å². The number of nitrogens with zero attached hydrogens (tertiary/aromatic N) is 2. The Morgan fingerprint density at radius 1 is 1.21 bits per heavy atom. The van der Waals surface area contributed by atoms with E-state index < -0.39 is 0 Å². The van der Waals surface area contributed by atoms with Crippen LogP contribution >= 0.6 is 0 Å². The van der Waals surface area contributed by atoms with E-state index in [1.165, 1.54) is 0 Å². The first kappa shape index (κ1) is 17.8. The molecule has 0 aliphatic rings. The van der Waals surface area contributed by atoms with Crippen molar-refractivity contribution in [1.82, 2.24) is 10.1 Å². The molecule has 130 valence electrons. The van der Waals surface area contributed by atoms with Crippen molar-refractivity contribution in [2.45, 2.75) is 20.4 Å². The highest BCUT2D eigenvalue weighted by atomic mass is 16.5. The minimum atomic E-state index is -0.149. The molecule has 7 heteroatoms. The number of anilines is 1. The largest absolute Gasteiger partial charge is 0.493 e. The molecule has 1 amide bonds. The van der Waals surface area contributed by atoms with Crippen LogP contribution in [0.1, 0.15) is 16.9 Å². The smallest absolute Gasteiger partial charge is 0.239 e. The quantitative estimate of drug-likeness (QED) is 0.838. The number of hydrogen-bond acceptors (Lipinski definition) is 6. The van der Waals surface area contributed by atoms with E-state index in [2.05, 4.69) is 10.5 Å². The van der Waals surface area contributed by atoms with Crippen molar-refractivity contribution in [3.63, 3.8) is 0 Å². The number of benzene rings is 1. The lowest BCUT2D eigenvalue weighted by molar-refractivity contribution is -0.117. The molecule has 24 heavy (non-hydrogen) atoms. The normalized spacial score (nSPS) is 10.8. The first-order valence-corrected chi connectivity index (χ1v) is 7.56. The highest BCUT2D eigenvalue weighted by molar-refractivity contribution is 5.91. The molecule has 1 N–H and O–H groups in total. The van der Waals surface area contributed by atoms with Gasteiger partial charge in [-0.25, -0.2) is 0 Å². The number of carbonyl (C=O) groups excluding carboxylic acids is 1. The summed E-state index contributed by atoms with van der Waals surface area (Å²) in [7, 11) is 5.09. The maximum absolute atomic E-state index is 12.1. The van der Waals surface area contributed by atoms with E-state index in [1.54, 1.807) is 27.2 Å². The zero-order valence-corrected chi connectivity index (χ0v) is 14.7. The average molecular weight is 333 g/mol. The Balaban J connectivity index is 1.98. The van der Waals surface area contributed by atoms with Crippen molar-refractivity contribution in [2.24, 2.45) is 0 Å². The molecule has 0 saturated carbocycles. The maximum Gasteiger partial charge on any atom is 0.239 e. The van der Waals surface area contributed by atoms with Gasteiger partial charge in [0.25, 0.3) is 0 Å². The Kier molecular flexibility index (Phi) is 5.81. The van der Waals surface area contributed by atoms with Gasteiger partial charge in [-0.2, -0.15) is 0 Å². The number of ether oxygens (including phenoxy) is 2. The van der Waals surface area contributed by atoms with Crippen molar-refractivity contribution in [2.75, 3.05) is 33.1 Å². The third-order valence-electron chi connectivity index (χ3n) is 3.59. The Morgan fingerprint density at radius 2 is 1.88 bits per heavy atom. The summed E-state index contributed by atoms with van der Waals surface area (Å²) in [6, 6.07) is 5.54. The number of likely N-dealkylation sites (N-methyl/N-ethyl adjacent to an activating group) is 1. The Morgan fingerprint density at radius 3 is 2.46 bits per heavy atom. The van der Waals surface area contributed by atoms with Crippen molar-refractivity contribution in [1.29, 1.82) is 0 Å². The number of methoxy groups -OCH3 is 2. The van der Waals surface area contributed by atoms with Gasteiger partial charge >= 0.3 is 0 Å². The number of nitrogens with one attached hydrogen (secondary N) is 1. The van der Waals surface area contributed by atoms with Gasteiger partial charge in [0.05, 0.1) is 20.8 Å². The SMILES string of the molecule is COc1cc(C)c(CN(C)CC(=O)Nc2cc(C)on2)cc1OC. The summed E-state index contributed by atoms with van der Waals surface area (Å²) < 4.78 is 15.6. The number of aromatic nitrogens is 1. The van der Waals surface area contributed by atoms with Gasteiger partial charge in [0, 0.05) is 12.6 Å². The standard InChI is InChI=1S/C17H23N3O4/c1-11-6-14(22-4)15(23-5)8-13(11)9-20(3)10-17(21)18-16-7-12(2)24-19-16/h6-8H,9-10H2,1-5H3,(H,18,19,21). The fourth-order valence-electron chi connectivity index (χ4n) is 2.39. The van der Waals surface area contributed by atoms with E-state index in [-0.39, 0.29) is 12.5 Å². The van der Waals surface area contributed by atoms with Crippen LogP contribution in [0.25, 0.3) is 0 Å². The van der Waals surface area contributed by atoms with E-state index in [1.807, 2.05) is 31.0 Å². The van der Waals surface area contributed by atoms with Crippen LogP contribution in [0.5, 0.6) is 11.5 Å². The molecule has 1 heterocycles. The van der Waals surface area contributed by atoms with Crippen LogP contribution in [0.2, 0.25) is 0 Å². The topological polar surface area (TPSA) is 76.8 Å². The van der Waals surface area contributed by atoms with Gasteiger partial charge in [-0.3, -0.25) is 9.69 Å². The molecule has 0 radical (unpaired) electrons. The van der Waals surface area contributed by atoms with Gasteiger partial charge in [0.15, 0.2) is 17.3 Å². The Labute approximate surface area is 141 Å². The van der Waals surface area contributed by atoms with E-state index in [4.69, 9.17) is 14.0 Å². The molecule has 0 atom stereocenters. The summed E-state index contributed by atoms with van der Waals surface area (Å²) in [5.74, 6) is 2.30. The molecule has 2 rings (SSSR count). The number of hydrogen-bond donors (Lipinski definition) is 1. The van der Waals surface area contributed by atoms with E-state index in [0.29, 0.717) is 29.6 Å². The highest BCUT2D eigenvalue weighted by Gasteiger charge is 2.13. The fraction of sp³-hybridized carbons (Fsp3) is 0.412. The Hall–Kier alpha value is -2.54. The molecule has 0 aliphatic carbocycles. The first-order valence-electron chi connectivity index (χ1n) is 7.56. The molecule has 1 aromatic carbocycles. The molecule has 0 fully saturated rings. The second-order valence-electron chi connectivity index (χ2n) is 5.68. The third-order valence-corrected chi connectivity index (χ3v) is 3.59. The molecular formula is C17H23N3O4. The van der Waals surface area contributed by atoms with Crippen molar-refractivity contribution in [3.8, 4) is 11.5 Å². The summed E-state index contributed by atoms with van der Waals surface area (Å²) in [5, 5.41) is 6.45. The van der Waals surface area contributed by atoms with Gasteiger partial charge < -0.3 is 19.3 Å². The Bertz CT molecular complexity index is 712. The van der Waals surface area contributed by atoms with Gasteiger partial charge in [0.2, 0.25) is 5.91 Å². The van der Waals surface area contributed by atoms with Crippen LogP contribution in [0.3, 0.4) is 0 Å². The molecule has 0 aliphatic heterocycles. The minimum absolute atomic E-state index is 0.149. The zero-order valence-electron chi connectivity index (χ0n) is 14.7. The summed E-state index contributed by atoms with van der Waals surface area (Å²) >= 11 is 0. The first-order chi connectivity index (χ1) is 11.4. The van der Waals surface area contributed by atoms with Crippen molar-refractivity contribution < 1.29 is 18.8 Å². The van der Waals surface area contributed by atoms with Gasteiger partial charge in [-0.15, -0.1) is 0 Å².